The van der Waals surface area contributed by atoms with Crippen LogP contribution in [-0.2, 0) is 0 Å². The molecule has 2 aromatic heterocycles. The first-order chi connectivity index (χ1) is 11.5. The van der Waals surface area contributed by atoms with Crippen LogP contribution in [0.3, 0.4) is 0 Å². The van der Waals surface area contributed by atoms with Gasteiger partial charge in [0.2, 0.25) is 4.80 Å². The van der Waals surface area contributed by atoms with Crippen molar-refractivity contribution in [2.45, 2.75) is 26.8 Å². The van der Waals surface area contributed by atoms with E-state index in [2.05, 4.69) is 57.4 Å². The number of aryl methyl sites for hydroxylation is 1. The zero-order valence-corrected chi connectivity index (χ0v) is 16.1. The predicted octanol–water partition coefficient (Wildman–Crippen LogP) is 5.07. The average Bonchev–Trinajstić information content (AvgIpc) is 3.12. The van der Waals surface area contributed by atoms with E-state index in [0.717, 1.165) is 32.1 Å². The Kier molecular flexibility index (Phi) is 5.16. The standard InChI is InChI=1S/C18H18BrN3OS/c1-12(2)21-18-22(20-10-16-9-4-13(3)23-16)17(11-24-18)14-5-7-15(19)8-6-14/h4-12H,1-3H3. The van der Waals surface area contributed by atoms with E-state index in [4.69, 9.17) is 4.42 Å². The Bertz CT molecular complexity index is 916. The number of nitrogens with zero attached hydrogens (tertiary/aromatic N) is 3. The summed E-state index contributed by atoms with van der Waals surface area (Å²) in [6.45, 7) is 6.04. The van der Waals surface area contributed by atoms with Gasteiger partial charge in [0.15, 0.2) is 0 Å². The molecule has 6 heteroatoms. The molecular formula is C18H18BrN3OS. The van der Waals surface area contributed by atoms with Gasteiger partial charge in [0, 0.05) is 21.5 Å². The van der Waals surface area contributed by atoms with E-state index in [-0.39, 0.29) is 6.04 Å². The first kappa shape index (κ1) is 16.9. The normalized spacial score (nSPS) is 12.6. The molecule has 0 aliphatic carbocycles. The molecule has 0 saturated heterocycles. The topological polar surface area (TPSA) is 42.8 Å². The lowest BCUT2D eigenvalue weighted by Gasteiger charge is -2.04. The molecule has 0 aliphatic heterocycles. The summed E-state index contributed by atoms with van der Waals surface area (Å²) in [5, 5.41) is 6.68. The Balaban J connectivity index is 2.08. The van der Waals surface area contributed by atoms with Crippen LogP contribution >= 0.6 is 27.3 Å². The second kappa shape index (κ2) is 7.32. The van der Waals surface area contributed by atoms with Gasteiger partial charge in [0.25, 0.3) is 0 Å². The molecule has 4 nitrogen and oxygen atoms in total. The number of hydrogen-bond donors (Lipinski definition) is 0. The van der Waals surface area contributed by atoms with Crippen molar-refractivity contribution in [3.63, 3.8) is 0 Å². The summed E-state index contributed by atoms with van der Waals surface area (Å²) in [5.74, 6) is 1.59. The van der Waals surface area contributed by atoms with E-state index in [1.807, 2.05) is 35.9 Å². The van der Waals surface area contributed by atoms with Crippen molar-refractivity contribution in [3.8, 4) is 11.3 Å². The molecule has 0 saturated carbocycles. The van der Waals surface area contributed by atoms with E-state index in [1.54, 1.807) is 17.6 Å². The minimum Gasteiger partial charge on any atom is -0.460 e. The largest absolute Gasteiger partial charge is 0.460 e. The van der Waals surface area contributed by atoms with Crippen molar-refractivity contribution < 1.29 is 4.42 Å². The minimum atomic E-state index is 0.203. The molecule has 0 aliphatic rings. The van der Waals surface area contributed by atoms with Crippen molar-refractivity contribution in [2.24, 2.45) is 10.1 Å². The molecule has 0 N–H and O–H groups in total. The van der Waals surface area contributed by atoms with Gasteiger partial charge in [-0.25, -0.2) is 4.68 Å². The number of halogens is 1. The number of thiazole rings is 1. The maximum absolute atomic E-state index is 5.57. The Morgan fingerprint density at radius 1 is 1.17 bits per heavy atom. The van der Waals surface area contributed by atoms with Crippen LogP contribution in [0.2, 0.25) is 0 Å². The maximum Gasteiger partial charge on any atom is 0.206 e. The molecule has 0 radical (unpaired) electrons. The van der Waals surface area contributed by atoms with E-state index in [9.17, 15) is 0 Å². The summed E-state index contributed by atoms with van der Waals surface area (Å²) in [6, 6.07) is 12.2. The third-order valence-corrected chi connectivity index (χ3v) is 4.61. The van der Waals surface area contributed by atoms with Crippen LogP contribution in [0.1, 0.15) is 25.4 Å². The zero-order valence-electron chi connectivity index (χ0n) is 13.7. The number of furan rings is 1. The van der Waals surface area contributed by atoms with Gasteiger partial charge < -0.3 is 4.42 Å². The molecule has 0 atom stereocenters. The van der Waals surface area contributed by atoms with Crippen LogP contribution in [0.25, 0.3) is 11.3 Å². The van der Waals surface area contributed by atoms with Crippen molar-refractivity contribution in [1.82, 2.24) is 4.68 Å². The molecule has 124 valence electrons. The average molecular weight is 404 g/mol. The Morgan fingerprint density at radius 2 is 1.92 bits per heavy atom. The fourth-order valence-corrected chi connectivity index (χ4v) is 3.41. The second-order valence-corrected chi connectivity index (χ2v) is 7.39. The Labute approximate surface area is 153 Å². The van der Waals surface area contributed by atoms with E-state index in [0.29, 0.717) is 0 Å². The molecule has 0 fully saturated rings. The highest BCUT2D eigenvalue weighted by atomic mass is 79.9. The van der Waals surface area contributed by atoms with Crippen LogP contribution in [0.4, 0.5) is 0 Å². The first-order valence-electron chi connectivity index (χ1n) is 7.64. The van der Waals surface area contributed by atoms with Crippen molar-refractivity contribution in [3.05, 3.63) is 62.6 Å². The first-order valence-corrected chi connectivity index (χ1v) is 9.31. The van der Waals surface area contributed by atoms with Gasteiger partial charge in [-0.1, -0.05) is 28.1 Å². The molecule has 0 amide bonds. The summed E-state index contributed by atoms with van der Waals surface area (Å²) in [5.41, 5.74) is 2.10. The summed E-state index contributed by atoms with van der Waals surface area (Å²) in [7, 11) is 0. The highest BCUT2D eigenvalue weighted by molar-refractivity contribution is 9.10. The van der Waals surface area contributed by atoms with Crippen LogP contribution < -0.4 is 4.80 Å². The molecule has 0 unspecified atom stereocenters. The highest BCUT2D eigenvalue weighted by Crippen LogP contribution is 2.22. The zero-order chi connectivity index (χ0) is 17.1. The van der Waals surface area contributed by atoms with Crippen molar-refractivity contribution >= 4 is 33.5 Å². The Hall–Kier alpha value is -1.92. The van der Waals surface area contributed by atoms with Crippen LogP contribution in [0, 0.1) is 6.92 Å². The van der Waals surface area contributed by atoms with E-state index in [1.165, 1.54) is 0 Å². The minimum absolute atomic E-state index is 0.203. The molecular weight excluding hydrogens is 386 g/mol. The van der Waals surface area contributed by atoms with Gasteiger partial charge in [0.05, 0.1) is 11.9 Å². The lowest BCUT2D eigenvalue weighted by Crippen LogP contribution is -2.14. The number of benzene rings is 1. The third-order valence-electron chi connectivity index (χ3n) is 3.26. The Morgan fingerprint density at radius 3 is 2.54 bits per heavy atom. The van der Waals surface area contributed by atoms with Gasteiger partial charge in [-0.15, -0.1) is 11.3 Å². The lowest BCUT2D eigenvalue weighted by atomic mass is 10.2. The fourth-order valence-electron chi connectivity index (χ4n) is 2.18. The summed E-state index contributed by atoms with van der Waals surface area (Å²) in [6.07, 6.45) is 1.72. The van der Waals surface area contributed by atoms with Gasteiger partial charge in [-0.3, -0.25) is 4.99 Å². The molecule has 2 heterocycles. The molecule has 0 bridgehead atoms. The summed E-state index contributed by atoms with van der Waals surface area (Å²) < 4.78 is 8.49. The second-order valence-electron chi connectivity index (χ2n) is 5.64. The summed E-state index contributed by atoms with van der Waals surface area (Å²) >= 11 is 5.06. The lowest BCUT2D eigenvalue weighted by molar-refractivity contribution is 0.527. The number of rotatable bonds is 4. The molecule has 1 aromatic carbocycles. The molecule has 0 spiro atoms. The SMILES string of the molecule is Cc1ccc(C=Nn2c(-c3ccc(Br)cc3)csc2=NC(C)C)o1. The quantitative estimate of drug-likeness (QED) is 0.560. The van der Waals surface area contributed by atoms with Gasteiger partial charge in [0.1, 0.15) is 11.5 Å². The molecule has 3 aromatic rings. The van der Waals surface area contributed by atoms with Crippen molar-refractivity contribution in [2.75, 3.05) is 0 Å². The fraction of sp³-hybridized carbons (Fsp3) is 0.222. The maximum atomic E-state index is 5.57. The summed E-state index contributed by atoms with van der Waals surface area (Å²) in [4.78, 5) is 5.53. The van der Waals surface area contributed by atoms with E-state index < -0.39 is 0 Å². The van der Waals surface area contributed by atoms with Gasteiger partial charge >= 0.3 is 0 Å². The third kappa shape index (κ3) is 3.94. The smallest absolute Gasteiger partial charge is 0.206 e. The van der Waals surface area contributed by atoms with E-state index >= 15 is 0 Å². The van der Waals surface area contributed by atoms with Crippen LogP contribution in [0.15, 0.2) is 60.8 Å². The molecule has 24 heavy (non-hydrogen) atoms. The van der Waals surface area contributed by atoms with Crippen molar-refractivity contribution in [1.29, 1.82) is 0 Å². The number of aromatic nitrogens is 1. The highest BCUT2D eigenvalue weighted by Gasteiger charge is 2.08. The predicted molar refractivity (Wildman–Crippen MR) is 103 cm³/mol. The molecule has 3 rings (SSSR count). The van der Waals surface area contributed by atoms with Gasteiger partial charge in [-0.05, 0) is 45.0 Å². The van der Waals surface area contributed by atoms with Gasteiger partial charge in [-0.2, -0.15) is 5.10 Å². The van der Waals surface area contributed by atoms with Crippen LogP contribution in [-0.4, -0.2) is 16.9 Å². The number of hydrogen-bond acceptors (Lipinski definition) is 4. The van der Waals surface area contributed by atoms with Crippen LogP contribution in [0.5, 0.6) is 0 Å². The monoisotopic (exact) mass is 403 g/mol.